The van der Waals surface area contributed by atoms with Gasteiger partial charge in [0.25, 0.3) is 0 Å². The monoisotopic (exact) mass is 217 g/mol. The van der Waals surface area contributed by atoms with Crippen LogP contribution in [0.1, 0.15) is 6.92 Å². The van der Waals surface area contributed by atoms with Gasteiger partial charge in [-0.05, 0) is 11.8 Å². The van der Waals surface area contributed by atoms with E-state index in [0.29, 0.717) is 5.82 Å². The van der Waals surface area contributed by atoms with E-state index in [0.717, 1.165) is 25.2 Å². The van der Waals surface area contributed by atoms with E-state index in [2.05, 4.69) is 27.7 Å². The van der Waals surface area contributed by atoms with E-state index in [1.807, 2.05) is 30.3 Å². The molecular weight excluding hydrogens is 202 g/mol. The molecule has 0 spiro atoms. The molecule has 1 aromatic carbocycles. The number of likely N-dealkylation sites (N-methyl/N-ethyl adjacent to an activating group) is 1. The molecule has 5 nitrogen and oxygen atoms in total. The molecule has 16 heavy (non-hydrogen) atoms. The third-order valence-corrected chi connectivity index (χ3v) is 2.22. The Morgan fingerprint density at radius 3 is 2.81 bits per heavy atom. The summed E-state index contributed by atoms with van der Waals surface area (Å²) in [7, 11) is 0. The van der Waals surface area contributed by atoms with Crippen molar-refractivity contribution in [2.24, 2.45) is 0 Å². The molecular formula is C11H15N5. The molecule has 2 aromatic rings. The highest BCUT2D eigenvalue weighted by Gasteiger charge is 2.03. The smallest absolute Gasteiger partial charge is 0.204 e. The van der Waals surface area contributed by atoms with Gasteiger partial charge in [-0.3, -0.25) is 0 Å². The molecule has 0 bridgehead atoms. The maximum Gasteiger partial charge on any atom is 0.204 e. The van der Waals surface area contributed by atoms with Gasteiger partial charge in [0.15, 0.2) is 0 Å². The summed E-state index contributed by atoms with van der Waals surface area (Å²) in [5, 5.41) is 15.5. The SMILES string of the molecule is CCNCCn1nnc(-c2ccccc2)n1. The molecule has 0 amide bonds. The molecule has 84 valence electrons. The lowest BCUT2D eigenvalue weighted by Crippen LogP contribution is -2.20. The van der Waals surface area contributed by atoms with Crippen molar-refractivity contribution in [1.29, 1.82) is 0 Å². The summed E-state index contributed by atoms with van der Waals surface area (Å²) in [6.07, 6.45) is 0. The van der Waals surface area contributed by atoms with Gasteiger partial charge in [-0.1, -0.05) is 37.3 Å². The van der Waals surface area contributed by atoms with Gasteiger partial charge in [0.2, 0.25) is 5.82 Å². The van der Waals surface area contributed by atoms with E-state index >= 15 is 0 Å². The third-order valence-electron chi connectivity index (χ3n) is 2.22. The Balaban J connectivity index is 2.02. The summed E-state index contributed by atoms with van der Waals surface area (Å²) in [5.74, 6) is 0.678. The van der Waals surface area contributed by atoms with Crippen LogP contribution in [-0.4, -0.2) is 33.3 Å². The van der Waals surface area contributed by atoms with Crippen molar-refractivity contribution >= 4 is 0 Å². The standard InChI is InChI=1S/C11H15N5/c1-2-12-8-9-16-14-11(13-15-16)10-6-4-3-5-7-10/h3-7,12H,2,8-9H2,1H3. The summed E-state index contributed by atoms with van der Waals surface area (Å²) < 4.78 is 0. The van der Waals surface area contributed by atoms with Gasteiger partial charge in [0.05, 0.1) is 6.54 Å². The number of benzene rings is 1. The fourth-order valence-corrected chi connectivity index (χ4v) is 1.40. The van der Waals surface area contributed by atoms with Gasteiger partial charge in [0.1, 0.15) is 0 Å². The molecule has 0 radical (unpaired) electrons. The number of tetrazole rings is 1. The van der Waals surface area contributed by atoms with Crippen molar-refractivity contribution in [3.8, 4) is 11.4 Å². The minimum absolute atomic E-state index is 0.678. The number of rotatable bonds is 5. The summed E-state index contributed by atoms with van der Waals surface area (Å²) in [5.41, 5.74) is 0.997. The van der Waals surface area contributed by atoms with Crippen LogP contribution < -0.4 is 5.32 Å². The van der Waals surface area contributed by atoms with Crippen LogP contribution in [0, 0.1) is 0 Å². The maximum atomic E-state index is 4.31. The minimum Gasteiger partial charge on any atom is -0.315 e. The van der Waals surface area contributed by atoms with Crippen LogP contribution in [0.5, 0.6) is 0 Å². The van der Waals surface area contributed by atoms with Gasteiger partial charge in [0, 0.05) is 12.1 Å². The zero-order chi connectivity index (χ0) is 11.2. The molecule has 0 unspecified atom stereocenters. The van der Waals surface area contributed by atoms with Crippen LogP contribution in [0.2, 0.25) is 0 Å². The molecule has 0 aliphatic heterocycles. The van der Waals surface area contributed by atoms with Crippen molar-refractivity contribution in [3.05, 3.63) is 30.3 Å². The molecule has 0 saturated heterocycles. The molecule has 0 atom stereocenters. The quantitative estimate of drug-likeness (QED) is 0.758. The summed E-state index contributed by atoms with van der Waals surface area (Å²) in [6, 6.07) is 9.86. The second-order valence-corrected chi connectivity index (χ2v) is 3.43. The molecule has 0 fully saturated rings. The van der Waals surface area contributed by atoms with Crippen molar-refractivity contribution in [1.82, 2.24) is 25.5 Å². The highest BCUT2D eigenvalue weighted by molar-refractivity contribution is 5.52. The Morgan fingerprint density at radius 2 is 2.06 bits per heavy atom. The highest BCUT2D eigenvalue weighted by atomic mass is 15.6. The number of hydrogen-bond acceptors (Lipinski definition) is 4. The lowest BCUT2D eigenvalue weighted by atomic mass is 10.2. The first kappa shape index (κ1) is 10.8. The molecule has 0 aliphatic rings. The summed E-state index contributed by atoms with van der Waals surface area (Å²) in [4.78, 5) is 1.62. The van der Waals surface area contributed by atoms with Crippen LogP contribution in [0.3, 0.4) is 0 Å². The first-order chi connectivity index (χ1) is 7.90. The lowest BCUT2D eigenvalue weighted by molar-refractivity contribution is 0.497. The topological polar surface area (TPSA) is 55.6 Å². The number of nitrogens with zero attached hydrogens (tertiary/aromatic N) is 4. The number of aromatic nitrogens is 4. The molecule has 1 heterocycles. The first-order valence-corrected chi connectivity index (χ1v) is 5.44. The molecule has 1 N–H and O–H groups in total. The van der Waals surface area contributed by atoms with E-state index in [9.17, 15) is 0 Å². The molecule has 5 heteroatoms. The van der Waals surface area contributed by atoms with Gasteiger partial charge in [-0.2, -0.15) is 4.80 Å². The lowest BCUT2D eigenvalue weighted by Gasteiger charge is -1.98. The van der Waals surface area contributed by atoms with E-state index in [1.165, 1.54) is 0 Å². The predicted molar refractivity (Wildman–Crippen MR) is 61.8 cm³/mol. The largest absolute Gasteiger partial charge is 0.315 e. The molecule has 1 aromatic heterocycles. The number of hydrogen-bond donors (Lipinski definition) is 1. The van der Waals surface area contributed by atoms with Crippen molar-refractivity contribution in [2.45, 2.75) is 13.5 Å². The Bertz CT molecular complexity index is 423. The average molecular weight is 217 g/mol. The van der Waals surface area contributed by atoms with E-state index < -0.39 is 0 Å². The maximum absolute atomic E-state index is 4.31. The Labute approximate surface area is 94.5 Å². The normalized spacial score (nSPS) is 10.6. The minimum atomic E-state index is 0.678. The van der Waals surface area contributed by atoms with E-state index in [1.54, 1.807) is 4.80 Å². The van der Waals surface area contributed by atoms with E-state index in [-0.39, 0.29) is 0 Å². The highest BCUT2D eigenvalue weighted by Crippen LogP contribution is 2.11. The second-order valence-electron chi connectivity index (χ2n) is 3.43. The molecule has 0 saturated carbocycles. The Hall–Kier alpha value is -1.75. The predicted octanol–water partition coefficient (Wildman–Crippen LogP) is 0.950. The van der Waals surface area contributed by atoms with Crippen LogP contribution in [0.25, 0.3) is 11.4 Å². The zero-order valence-corrected chi connectivity index (χ0v) is 9.30. The van der Waals surface area contributed by atoms with Crippen molar-refractivity contribution < 1.29 is 0 Å². The zero-order valence-electron chi connectivity index (χ0n) is 9.30. The fourth-order valence-electron chi connectivity index (χ4n) is 1.40. The summed E-state index contributed by atoms with van der Waals surface area (Å²) in [6.45, 7) is 4.64. The molecule has 0 aliphatic carbocycles. The molecule has 2 rings (SSSR count). The van der Waals surface area contributed by atoms with Gasteiger partial charge < -0.3 is 5.32 Å². The van der Waals surface area contributed by atoms with E-state index in [4.69, 9.17) is 0 Å². The van der Waals surface area contributed by atoms with Crippen molar-refractivity contribution in [2.75, 3.05) is 13.1 Å². The van der Waals surface area contributed by atoms with Gasteiger partial charge in [-0.25, -0.2) is 0 Å². The third kappa shape index (κ3) is 2.64. The first-order valence-electron chi connectivity index (χ1n) is 5.44. The van der Waals surface area contributed by atoms with Gasteiger partial charge >= 0.3 is 0 Å². The van der Waals surface area contributed by atoms with Gasteiger partial charge in [-0.15, -0.1) is 10.2 Å². The summed E-state index contributed by atoms with van der Waals surface area (Å²) >= 11 is 0. The Kier molecular flexibility index (Phi) is 3.61. The Morgan fingerprint density at radius 1 is 1.25 bits per heavy atom. The fraction of sp³-hybridized carbons (Fsp3) is 0.364. The second kappa shape index (κ2) is 5.37. The van der Waals surface area contributed by atoms with Crippen LogP contribution >= 0.6 is 0 Å². The average Bonchev–Trinajstić information content (AvgIpc) is 2.79. The number of nitrogens with one attached hydrogen (secondary N) is 1. The van der Waals surface area contributed by atoms with Crippen molar-refractivity contribution in [3.63, 3.8) is 0 Å². The van der Waals surface area contributed by atoms with Crippen LogP contribution in [0.15, 0.2) is 30.3 Å². The van der Waals surface area contributed by atoms with Crippen LogP contribution in [0.4, 0.5) is 0 Å². The van der Waals surface area contributed by atoms with Crippen LogP contribution in [-0.2, 0) is 6.54 Å².